The zero-order valence-electron chi connectivity index (χ0n) is 13.7. The molecule has 1 aromatic carbocycles. The summed E-state index contributed by atoms with van der Waals surface area (Å²) in [5.74, 6) is 1.20. The third kappa shape index (κ3) is 9.83. The molecular formula is C19H29ClO2. The predicted octanol–water partition coefficient (Wildman–Crippen LogP) is 6.31. The Kier molecular flexibility index (Phi) is 9.98. The summed E-state index contributed by atoms with van der Waals surface area (Å²) in [6.45, 7) is 2.28. The molecule has 0 aromatic heterocycles. The van der Waals surface area contributed by atoms with E-state index in [1.807, 2.05) is 0 Å². The summed E-state index contributed by atoms with van der Waals surface area (Å²) < 4.78 is 0. The normalized spacial score (nSPS) is 13.4. The Bertz CT molecular complexity index is 427. The van der Waals surface area contributed by atoms with Crippen LogP contribution in [0.2, 0.25) is 0 Å². The van der Waals surface area contributed by atoms with E-state index >= 15 is 0 Å². The van der Waals surface area contributed by atoms with Crippen molar-refractivity contribution in [2.75, 3.05) is 0 Å². The first kappa shape index (κ1) is 19.0. The lowest BCUT2D eigenvalue weighted by Crippen LogP contribution is -1.85. The molecule has 2 nitrogen and oxygen atoms in total. The molecule has 1 aliphatic carbocycles. The number of halogens is 1. The number of aromatic hydroxyl groups is 1. The lowest BCUT2D eigenvalue weighted by atomic mass is 10.1. The minimum absolute atomic E-state index is 0.0477. The van der Waals surface area contributed by atoms with Gasteiger partial charge in [0.2, 0.25) is 0 Å². The first-order valence-corrected chi connectivity index (χ1v) is 9.00. The number of rotatable bonds is 9. The number of carbonyl (C=O) groups excluding carboxylic acids is 1. The van der Waals surface area contributed by atoms with E-state index in [-0.39, 0.29) is 5.75 Å². The molecule has 0 saturated heterocycles. The summed E-state index contributed by atoms with van der Waals surface area (Å²) in [5.41, 5.74) is 0.307. The second-order valence-electron chi connectivity index (χ2n) is 6.18. The lowest BCUT2D eigenvalue weighted by molar-refractivity contribution is 0.108. The van der Waals surface area contributed by atoms with E-state index in [4.69, 9.17) is 16.7 Å². The van der Waals surface area contributed by atoms with Gasteiger partial charge in [-0.1, -0.05) is 77.2 Å². The van der Waals surface area contributed by atoms with Gasteiger partial charge in [-0.25, -0.2) is 0 Å². The number of carbonyl (C=O) groups is 1. The van der Waals surface area contributed by atoms with Gasteiger partial charge in [-0.2, -0.15) is 0 Å². The Morgan fingerprint density at radius 2 is 1.77 bits per heavy atom. The summed E-state index contributed by atoms with van der Waals surface area (Å²) in [5, 5.41) is 8.29. The fraction of sp³-hybridized carbons (Fsp3) is 0.632. The van der Waals surface area contributed by atoms with Crippen LogP contribution in [-0.2, 0) is 0 Å². The maximum absolute atomic E-state index is 10.5. The monoisotopic (exact) mass is 324 g/mol. The van der Waals surface area contributed by atoms with Crippen LogP contribution in [0.4, 0.5) is 0 Å². The van der Waals surface area contributed by atoms with Crippen LogP contribution in [0.1, 0.15) is 81.5 Å². The van der Waals surface area contributed by atoms with Crippen molar-refractivity contribution in [3.63, 3.8) is 0 Å². The van der Waals surface area contributed by atoms with Crippen LogP contribution < -0.4 is 0 Å². The number of hydrogen-bond donors (Lipinski definition) is 1. The molecule has 22 heavy (non-hydrogen) atoms. The van der Waals surface area contributed by atoms with Crippen molar-refractivity contribution in [2.24, 2.45) is 5.92 Å². The average molecular weight is 325 g/mol. The molecule has 1 N–H and O–H groups in total. The van der Waals surface area contributed by atoms with Gasteiger partial charge in [-0.15, -0.1) is 0 Å². The molecule has 0 bridgehead atoms. The minimum Gasteiger partial charge on any atom is -0.508 e. The van der Waals surface area contributed by atoms with Crippen LogP contribution in [0, 0.1) is 5.92 Å². The molecule has 2 rings (SSSR count). The van der Waals surface area contributed by atoms with Gasteiger partial charge < -0.3 is 5.11 Å². The fourth-order valence-corrected chi connectivity index (χ4v) is 2.54. The van der Waals surface area contributed by atoms with Crippen LogP contribution in [0.5, 0.6) is 5.75 Å². The van der Waals surface area contributed by atoms with Crippen LogP contribution in [0.25, 0.3) is 0 Å². The zero-order chi connectivity index (χ0) is 16.2. The van der Waals surface area contributed by atoms with Gasteiger partial charge in [-0.05, 0) is 35.7 Å². The number of phenols is 1. The van der Waals surface area contributed by atoms with Crippen molar-refractivity contribution >= 4 is 16.8 Å². The van der Waals surface area contributed by atoms with Gasteiger partial charge in [0, 0.05) is 5.56 Å². The van der Waals surface area contributed by atoms with E-state index in [2.05, 4.69) is 6.92 Å². The van der Waals surface area contributed by atoms with Gasteiger partial charge in [0.1, 0.15) is 5.75 Å². The van der Waals surface area contributed by atoms with E-state index in [1.165, 1.54) is 82.4 Å². The Hall–Kier alpha value is -1.02. The minimum atomic E-state index is -0.559. The van der Waals surface area contributed by atoms with Crippen molar-refractivity contribution in [1.29, 1.82) is 0 Å². The SMILES string of the molecule is CCCCCCCCCC1CC1.O=C(Cl)c1cccc(O)c1. The second-order valence-corrected chi connectivity index (χ2v) is 6.52. The molecule has 0 amide bonds. The molecule has 0 aliphatic heterocycles. The van der Waals surface area contributed by atoms with Gasteiger partial charge >= 0.3 is 0 Å². The number of benzene rings is 1. The number of hydrogen-bond acceptors (Lipinski definition) is 2. The first-order chi connectivity index (χ1) is 10.6. The summed E-state index contributed by atoms with van der Waals surface area (Å²) >= 11 is 5.13. The van der Waals surface area contributed by atoms with Crippen LogP contribution in [0.15, 0.2) is 24.3 Å². The highest BCUT2D eigenvalue weighted by Gasteiger charge is 2.19. The second kappa shape index (κ2) is 11.5. The summed E-state index contributed by atoms with van der Waals surface area (Å²) in [4.78, 5) is 10.5. The lowest BCUT2D eigenvalue weighted by Gasteiger charge is -1.99. The molecule has 1 aliphatic rings. The van der Waals surface area contributed by atoms with Crippen molar-refractivity contribution in [3.8, 4) is 5.75 Å². The molecule has 1 aromatic rings. The van der Waals surface area contributed by atoms with Crippen molar-refractivity contribution < 1.29 is 9.90 Å². The Balaban J connectivity index is 0.000000224. The van der Waals surface area contributed by atoms with E-state index in [1.54, 1.807) is 6.07 Å². The Morgan fingerprint density at radius 3 is 2.27 bits per heavy atom. The largest absolute Gasteiger partial charge is 0.508 e. The van der Waals surface area contributed by atoms with Crippen LogP contribution >= 0.6 is 11.6 Å². The van der Waals surface area contributed by atoms with E-state index < -0.39 is 5.24 Å². The van der Waals surface area contributed by atoms with Crippen LogP contribution in [-0.4, -0.2) is 10.3 Å². The quantitative estimate of drug-likeness (QED) is 0.427. The molecule has 0 atom stereocenters. The topological polar surface area (TPSA) is 37.3 Å². The number of unbranched alkanes of at least 4 members (excludes halogenated alkanes) is 6. The van der Waals surface area contributed by atoms with Gasteiger partial charge in [0.05, 0.1) is 0 Å². The molecule has 0 heterocycles. The van der Waals surface area contributed by atoms with E-state index in [0.717, 1.165) is 5.92 Å². The third-order valence-corrected chi connectivity index (χ3v) is 4.20. The van der Waals surface area contributed by atoms with Gasteiger partial charge in [0.25, 0.3) is 5.24 Å². The smallest absolute Gasteiger partial charge is 0.252 e. The number of phenolic OH excluding ortho intramolecular Hbond substituents is 1. The predicted molar refractivity (Wildman–Crippen MR) is 93.6 cm³/mol. The van der Waals surface area contributed by atoms with Gasteiger partial charge in [-0.3, -0.25) is 4.79 Å². The first-order valence-electron chi connectivity index (χ1n) is 8.62. The molecule has 1 saturated carbocycles. The van der Waals surface area contributed by atoms with Crippen molar-refractivity contribution in [3.05, 3.63) is 29.8 Å². The molecule has 0 unspecified atom stereocenters. The summed E-state index contributed by atoms with van der Waals surface area (Å²) in [6.07, 6.45) is 14.9. The Morgan fingerprint density at radius 1 is 1.14 bits per heavy atom. The maximum Gasteiger partial charge on any atom is 0.252 e. The molecule has 124 valence electrons. The zero-order valence-corrected chi connectivity index (χ0v) is 14.4. The van der Waals surface area contributed by atoms with Crippen molar-refractivity contribution in [1.82, 2.24) is 0 Å². The third-order valence-electron chi connectivity index (χ3n) is 3.99. The summed E-state index contributed by atoms with van der Waals surface area (Å²) in [7, 11) is 0. The maximum atomic E-state index is 10.5. The highest BCUT2D eigenvalue weighted by molar-refractivity contribution is 6.67. The highest BCUT2D eigenvalue weighted by Crippen LogP contribution is 2.34. The average Bonchev–Trinajstić information content (AvgIpc) is 3.31. The molecule has 3 heteroatoms. The Labute approximate surface area is 139 Å². The molecule has 1 fully saturated rings. The molecule has 0 spiro atoms. The van der Waals surface area contributed by atoms with Crippen molar-refractivity contribution in [2.45, 2.75) is 71.1 Å². The fourth-order valence-electron chi connectivity index (χ4n) is 2.42. The standard InChI is InChI=1S/C12H24.C7H5ClO2/c1-2-3-4-5-6-7-8-9-12-10-11-12;8-7(10)5-2-1-3-6(9)4-5/h12H,2-11H2,1H3;1-4,9H. The van der Waals surface area contributed by atoms with Crippen LogP contribution in [0.3, 0.4) is 0 Å². The molecule has 0 radical (unpaired) electrons. The van der Waals surface area contributed by atoms with E-state index in [9.17, 15) is 4.79 Å². The highest BCUT2D eigenvalue weighted by atomic mass is 35.5. The summed E-state index contributed by atoms with van der Waals surface area (Å²) in [6, 6.07) is 5.89. The van der Waals surface area contributed by atoms with E-state index in [0.29, 0.717) is 5.56 Å². The van der Waals surface area contributed by atoms with Gasteiger partial charge in [0.15, 0.2) is 0 Å². The molecular weight excluding hydrogens is 296 g/mol.